The number of nitrogens with one attached hydrogen (secondary N) is 2. The highest BCUT2D eigenvalue weighted by molar-refractivity contribution is 6.37. The Morgan fingerprint density at radius 1 is 1.29 bits per heavy atom. The van der Waals surface area contributed by atoms with Crippen LogP contribution >= 0.6 is 11.6 Å². The monoisotopic (exact) mass is 299 g/mol. The van der Waals surface area contributed by atoms with Crippen LogP contribution in [0.15, 0.2) is 42.7 Å². The Bertz CT molecular complexity index is 796. The molecule has 0 spiro atoms. The van der Waals surface area contributed by atoms with Gasteiger partial charge in [0.15, 0.2) is 0 Å². The van der Waals surface area contributed by atoms with Crippen LogP contribution in [0.1, 0.15) is 21.6 Å². The van der Waals surface area contributed by atoms with E-state index in [0.29, 0.717) is 17.1 Å². The molecule has 0 bridgehead atoms. The number of aromatic amines is 1. The van der Waals surface area contributed by atoms with Gasteiger partial charge in [-0.1, -0.05) is 17.7 Å². The molecular weight excluding hydrogens is 286 g/mol. The molecule has 3 rings (SSSR count). The summed E-state index contributed by atoms with van der Waals surface area (Å²) >= 11 is 6.23. The average molecular weight is 300 g/mol. The number of aromatic nitrogens is 2. The molecule has 0 radical (unpaired) electrons. The predicted octanol–water partition coefficient (Wildman–Crippen LogP) is 3.45. The second kappa shape index (κ2) is 5.58. The van der Waals surface area contributed by atoms with E-state index in [-0.39, 0.29) is 5.91 Å². The largest absolute Gasteiger partial charge is 0.358 e. The number of benzene rings is 1. The van der Waals surface area contributed by atoms with Crippen LogP contribution < -0.4 is 5.32 Å². The zero-order chi connectivity index (χ0) is 14.8. The van der Waals surface area contributed by atoms with Crippen LogP contribution in [0.2, 0.25) is 5.02 Å². The van der Waals surface area contributed by atoms with Crippen molar-refractivity contribution in [2.75, 3.05) is 0 Å². The number of aryl methyl sites for hydroxylation is 1. The first kappa shape index (κ1) is 13.6. The van der Waals surface area contributed by atoms with Crippen LogP contribution in [-0.2, 0) is 6.54 Å². The summed E-state index contributed by atoms with van der Waals surface area (Å²) in [5.41, 5.74) is 3.28. The number of fused-ring (bicyclic) bond motifs is 1. The highest BCUT2D eigenvalue weighted by Crippen LogP contribution is 2.29. The predicted molar refractivity (Wildman–Crippen MR) is 83.5 cm³/mol. The van der Waals surface area contributed by atoms with Crippen LogP contribution in [0, 0.1) is 6.92 Å². The van der Waals surface area contributed by atoms with Gasteiger partial charge >= 0.3 is 0 Å². The molecule has 0 saturated carbocycles. The van der Waals surface area contributed by atoms with Gasteiger partial charge < -0.3 is 10.3 Å². The minimum atomic E-state index is -0.135. The quantitative estimate of drug-likeness (QED) is 0.778. The maximum absolute atomic E-state index is 12.5. The number of pyridine rings is 1. The molecule has 0 unspecified atom stereocenters. The fourth-order valence-electron chi connectivity index (χ4n) is 2.39. The molecule has 2 N–H and O–H groups in total. The van der Waals surface area contributed by atoms with Crippen molar-refractivity contribution in [3.63, 3.8) is 0 Å². The van der Waals surface area contributed by atoms with Gasteiger partial charge in [0.25, 0.3) is 5.91 Å². The number of hydrogen-bond acceptors (Lipinski definition) is 2. The molecule has 4 nitrogen and oxygen atoms in total. The molecule has 0 aliphatic carbocycles. The normalized spacial score (nSPS) is 10.8. The highest BCUT2D eigenvalue weighted by Gasteiger charge is 2.17. The minimum Gasteiger partial charge on any atom is -0.358 e. The second-order valence-electron chi connectivity index (χ2n) is 4.83. The van der Waals surface area contributed by atoms with Crippen molar-refractivity contribution >= 4 is 28.4 Å². The zero-order valence-corrected chi connectivity index (χ0v) is 12.2. The van der Waals surface area contributed by atoms with E-state index in [1.807, 2.05) is 31.2 Å². The number of rotatable bonds is 3. The third kappa shape index (κ3) is 2.62. The third-order valence-corrected chi connectivity index (χ3v) is 3.71. The molecule has 1 amide bonds. The summed E-state index contributed by atoms with van der Waals surface area (Å²) < 4.78 is 0. The van der Waals surface area contributed by atoms with E-state index in [0.717, 1.165) is 22.2 Å². The first-order valence-electron chi connectivity index (χ1n) is 6.60. The number of nitrogens with zero attached hydrogens (tertiary/aromatic N) is 1. The summed E-state index contributed by atoms with van der Waals surface area (Å²) in [6.45, 7) is 2.33. The number of carbonyl (C=O) groups excluding carboxylic acids is 1. The van der Waals surface area contributed by atoms with Gasteiger partial charge in [0, 0.05) is 35.5 Å². The van der Waals surface area contributed by atoms with Gasteiger partial charge in [0.2, 0.25) is 0 Å². The van der Waals surface area contributed by atoms with Gasteiger partial charge in [-0.15, -0.1) is 0 Å². The molecule has 2 aromatic heterocycles. The van der Waals surface area contributed by atoms with Crippen molar-refractivity contribution in [2.45, 2.75) is 13.5 Å². The number of hydrogen-bond donors (Lipinski definition) is 2. The SMILES string of the molecule is Cc1[nH]c2cccc(Cl)c2c1C(=O)NCc1ccncc1. The summed E-state index contributed by atoms with van der Waals surface area (Å²) in [4.78, 5) is 19.6. The Kier molecular flexibility index (Phi) is 3.62. The minimum absolute atomic E-state index is 0.135. The maximum Gasteiger partial charge on any atom is 0.254 e. The van der Waals surface area contributed by atoms with Crippen LogP contribution in [-0.4, -0.2) is 15.9 Å². The summed E-state index contributed by atoms with van der Waals surface area (Å²) in [7, 11) is 0. The molecule has 0 fully saturated rings. The van der Waals surface area contributed by atoms with Crippen molar-refractivity contribution < 1.29 is 4.79 Å². The standard InChI is InChI=1S/C16H14ClN3O/c1-10-14(15-12(17)3-2-4-13(15)20-10)16(21)19-9-11-5-7-18-8-6-11/h2-8,20H,9H2,1H3,(H,19,21). The molecule has 21 heavy (non-hydrogen) atoms. The van der Waals surface area contributed by atoms with E-state index < -0.39 is 0 Å². The Morgan fingerprint density at radius 3 is 2.81 bits per heavy atom. The molecular formula is C16H14ClN3O. The van der Waals surface area contributed by atoms with Gasteiger partial charge in [-0.05, 0) is 36.8 Å². The van der Waals surface area contributed by atoms with Gasteiger partial charge in [0.1, 0.15) is 0 Å². The Balaban J connectivity index is 1.90. The van der Waals surface area contributed by atoms with Gasteiger partial charge in [-0.2, -0.15) is 0 Å². The molecule has 0 saturated heterocycles. The fourth-order valence-corrected chi connectivity index (χ4v) is 2.66. The molecule has 106 valence electrons. The van der Waals surface area contributed by atoms with Crippen molar-refractivity contribution in [2.24, 2.45) is 0 Å². The van der Waals surface area contributed by atoms with Crippen LogP contribution in [0.5, 0.6) is 0 Å². The molecule has 0 aliphatic rings. The lowest BCUT2D eigenvalue weighted by Crippen LogP contribution is -2.23. The van der Waals surface area contributed by atoms with Crippen molar-refractivity contribution in [1.82, 2.24) is 15.3 Å². The molecule has 0 aliphatic heterocycles. The molecule has 0 atom stereocenters. The maximum atomic E-state index is 12.5. The zero-order valence-electron chi connectivity index (χ0n) is 11.5. The molecule has 3 aromatic rings. The van der Waals surface area contributed by atoms with E-state index in [9.17, 15) is 4.79 Å². The lowest BCUT2D eigenvalue weighted by molar-refractivity contribution is 0.0952. The topological polar surface area (TPSA) is 57.8 Å². The summed E-state index contributed by atoms with van der Waals surface area (Å²) in [6.07, 6.45) is 3.41. The van der Waals surface area contributed by atoms with Gasteiger partial charge in [-0.3, -0.25) is 9.78 Å². The number of carbonyl (C=O) groups is 1. The third-order valence-electron chi connectivity index (χ3n) is 3.39. The second-order valence-corrected chi connectivity index (χ2v) is 5.23. The van der Waals surface area contributed by atoms with E-state index in [4.69, 9.17) is 11.6 Å². The fraction of sp³-hybridized carbons (Fsp3) is 0.125. The van der Waals surface area contributed by atoms with Crippen molar-refractivity contribution in [3.05, 3.63) is 64.6 Å². The Morgan fingerprint density at radius 2 is 2.05 bits per heavy atom. The average Bonchev–Trinajstić information content (AvgIpc) is 2.83. The molecule has 1 aromatic carbocycles. The summed E-state index contributed by atoms with van der Waals surface area (Å²) in [5, 5.41) is 4.26. The molecule has 5 heteroatoms. The first-order chi connectivity index (χ1) is 10.2. The van der Waals surface area contributed by atoms with Crippen LogP contribution in [0.4, 0.5) is 0 Å². The van der Waals surface area contributed by atoms with Gasteiger partial charge in [-0.25, -0.2) is 0 Å². The Labute approximate surface area is 127 Å². The van der Waals surface area contributed by atoms with E-state index in [2.05, 4.69) is 15.3 Å². The number of amides is 1. The van der Waals surface area contributed by atoms with Crippen molar-refractivity contribution in [3.8, 4) is 0 Å². The van der Waals surface area contributed by atoms with E-state index >= 15 is 0 Å². The number of H-pyrrole nitrogens is 1. The van der Waals surface area contributed by atoms with Crippen molar-refractivity contribution in [1.29, 1.82) is 0 Å². The van der Waals surface area contributed by atoms with E-state index in [1.54, 1.807) is 18.5 Å². The lowest BCUT2D eigenvalue weighted by atomic mass is 10.1. The highest BCUT2D eigenvalue weighted by atomic mass is 35.5. The lowest BCUT2D eigenvalue weighted by Gasteiger charge is -2.06. The smallest absolute Gasteiger partial charge is 0.254 e. The summed E-state index contributed by atoms with van der Waals surface area (Å²) in [5.74, 6) is -0.135. The molecule has 2 heterocycles. The van der Waals surface area contributed by atoms with Crippen LogP contribution in [0.3, 0.4) is 0 Å². The first-order valence-corrected chi connectivity index (χ1v) is 6.98. The summed E-state index contributed by atoms with van der Waals surface area (Å²) in [6, 6.07) is 9.30. The Hall–Kier alpha value is -2.33. The van der Waals surface area contributed by atoms with Crippen LogP contribution in [0.25, 0.3) is 10.9 Å². The number of halogens is 1. The van der Waals surface area contributed by atoms with E-state index in [1.165, 1.54) is 0 Å². The van der Waals surface area contributed by atoms with Gasteiger partial charge in [0.05, 0.1) is 10.6 Å².